The standard InChI is InChI=1S/C30H35ClF2N2O6S/c1-3-29(39-2)15-23-6-7-24(16-29)34(23)28(36)41-30(10-11-30)27-18-40-17-26(19-12-21(32)14-22(33)13-19)35(27)42(37,38)25-8-4-20(31)5-9-25/h4-5,8-9,12-14,23-24,26-27H,3,6-7,10-11,15-18H2,1-2H3/t23?,24?,26-,27+,29?/m0/s1. The summed E-state index contributed by atoms with van der Waals surface area (Å²) in [6.07, 6.45) is 4.40. The highest BCUT2D eigenvalue weighted by Gasteiger charge is 2.62. The number of fused-ring (bicyclic) bond motifs is 2. The highest BCUT2D eigenvalue weighted by molar-refractivity contribution is 7.89. The molecular weight excluding hydrogens is 590 g/mol. The van der Waals surface area contributed by atoms with Crippen molar-refractivity contribution in [3.05, 3.63) is 64.7 Å². The Labute approximate surface area is 249 Å². The Morgan fingerprint density at radius 3 is 2.21 bits per heavy atom. The van der Waals surface area contributed by atoms with Crippen molar-refractivity contribution in [3.63, 3.8) is 0 Å². The van der Waals surface area contributed by atoms with E-state index in [1.807, 2.05) is 4.90 Å². The van der Waals surface area contributed by atoms with Crippen LogP contribution in [0.4, 0.5) is 13.6 Å². The molecule has 4 aliphatic rings. The number of halogens is 3. The van der Waals surface area contributed by atoms with Gasteiger partial charge < -0.3 is 19.1 Å². The first-order valence-corrected chi connectivity index (χ1v) is 16.2. The zero-order valence-electron chi connectivity index (χ0n) is 23.6. The van der Waals surface area contributed by atoms with Crippen LogP contribution in [0.5, 0.6) is 0 Å². The van der Waals surface area contributed by atoms with E-state index in [1.54, 1.807) is 7.11 Å². The lowest BCUT2D eigenvalue weighted by Gasteiger charge is -2.47. The maximum absolute atomic E-state index is 14.3. The number of amides is 1. The second-order valence-electron chi connectivity index (χ2n) is 11.9. The molecule has 0 spiro atoms. The molecule has 0 N–H and O–H groups in total. The fourth-order valence-corrected chi connectivity index (χ4v) is 9.12. The highest BCUT2D eigenvalue weighted by atomic mass is 35.5. The second kappa shape index (κ2) is 11.0. The number of benzene rings is 2. The molecule has 2 aromatic rings. The summed E-state index contributed by atoms with van der Waals surface area (Å²) in [7, 11) is -2.54. The van der Waals surface area contributed by atoms with Crippen LogP contribution < -0.4 is 0 Å². The molecule has 2 bridgehead atoms. The normalized spacial score (nSPS) is 30.7. The molecule has 42 heavy (non-hydrogen) atoms. The van der Waals surface area contributed by atoms with Crippen molar-refractivity contribution < 1.29 is 36.2 Å². The zero-order valence-corrected chi connectivity index (χ0v) is 25.2. The molecule has 3 heterocycles. The summed E-state index contributed by atoms with van der Waals surface area (Å²) >= 11 is 6.03. The van der Waals surface area contributed by atoms with E-state index in [0.29, 0.717) is 17.9 Å². The van der Waals surface area contributed by atoms with Gasteiger partial charge in [-0.2, -0.15) is 4.31 Å². The number of hydrogen-bond donors (Lipinski definition) is 0. The van der Waals surface area contributed by atoms with Crippen LogP contribution in [0, 0.1) is 11.6 Å². The van der Waals surface area contributed by atoms with Gasteiger partial charge in [0.15, 0.2) is 0 Å². The van der Waals surface area contributed by atoms with Gasteiger partial charge in [0.1, 0.15) is 17.2 Å². The van der Waals surface area contributed by atoms with Gasteiger partial charge >= 0.3 is 6.09 Å². The van der Waals surface area contributed by atoms with Crippen molar-refractivity contribution in [1.82, 2.24) is 9.21 Å². The maximum Gasteiger partial charge on any atom is 0.410 e. The molecule has 4 fully saturated rings. The fraction of sp³-hybridized carbons (Fsp3) is 0.567. The second-order valence-corrected chi connectivity index (χ2v) is 14.2. The van der Waals surface area contributed by atoms with E-state index in [4.69, 9.17) is 25.8 Å². The van der Waals surface area contributed by atoms with E-state index in [0.717, 1.165) is 50.3 Å². The lowest BCUT2D eigenvalue weighted by Crippen LogP contribution is -2.59. The summed E-state index contributed by atoms with van der Waals surface area (Å²) in [6.45, 7) is 1.93. The maximum atomic E-state index is 14.3. The number of rotatable bonds is 7. The number of sulfonamides is 1. The predicted octanol–water partition coefficient (Wildman–Crippen LogP) is 5.84. The summed E-state index contributed by atoms with van der Waals surface area (Å²) in [4.78, 5) is 15.6. The third-order valence-electron chi connectivity index (χ3n) is 9.59. The molecule has 3 aliphatic heterocycles. The van der Waals surface area contributed by atoms with Crippen LogP contribution in [0.3, 0.4) is 0 Å². The summed E-state index contributed by atoms with van der Waals surface area (Å²) in [5.41, 5.74) is -1.30. The number of ether oxygens (including phenoxy) is 3. The van der Waals surface area contributed by atoms with Crippen LogP contribution in [-0.2, 0) is 24.2 Å². The number of piperidine rings is 1. The minimum atomic E-state index is -4.26. The van der Waals surface area contributed by atoms with Crippen molar-refractivity contribution in [2.24, 2.45) is 0 Å². The third kappa shape index (κ3) is 5.21. The number of carbonyl (C=O) groups excluding carboxylic acids is 1. The van der Waals surface area contributed by atoms with E-state index in [1.165, 1.54) is 28.6 Å². The van der Waals surface area contributed by atoms with Crippen LogP contribution in [0.15, 0.2) is 47.4 Å². The summed E-state index contributed by atoms with van der Waals surface area (Å²) in [6, 6.07) is 6.65. The van der Waals surface area contributed by atoms with Gasteiger partial charge in [-0.1, -0.05) is 18.5 Å². The summed E-state index contributed by atoms with van der Waals surface area (Å²) in [5.74, 6) is -1.66. The highest BCUT2D eigenvalue weighted by Crippen LogP contribution is 2.51. The molecule has 8 nitrogen and oxygen atoms in total. The van der Waals surface area contributed by atoms with Crippen LogP contribution in [0.2, 0.25) is 5.02 Å². The molecule has 6 rings (SSSR count). The van der Waals surface area contributed by atoms with E-state index >= 15 is 0 Å². The molecule has 2 unspecified atom stereocenters. The zero-order chi connectivity index (χ0) is 29.9. The number of morpholine rings is 1. The summed E-state index contributed by atoms with van der Waals surface area (Å²) in [5, 5.41) is 0.362. The molecule has 3 saturated heterocycles. The van der Waals surface area contributed by atoms with Crippen molar-refractivity contribution in [1.29, 1.82) is 0 Å². The average Bonchev–Trinajstić information content (AvgIpc) is 3.69. The van der Waals surface area contributed by atoms with Gasteiger partial charge in [0.05, 0.1) is 35.8 Å². The van der Waals surface area contributed by atoms with Gasteiger partial charge in [-0.15, -0.1) is 0 Å². The molecule has 228 valence electrons. The molecule has 1 amide bonds. The topological polar surface area (TPSA) is 85.4 Å². The molecular formula is C30H35ClF2N2O6S. The molecule has 1 aliphatic carbocycles. The minimum absolute atomic E-state index is 0.0218. The smallest absolute Gasteiger partial charge is 0.410 e. The molecule has 2 aromatic carbocycles. The van der Waals surface area contributed by atoms with Crippen LogP contribution in [0.25, 0.3) is 0 Å². The minimum Gasteiger partial charge on any atom is -0.441 e. The van der Waals surface area contributed by atoms with Gasteiger partial charge in [0, 0.05) is 30.3 Å². The van der Waals surface area contributed by atoms with Crippen LogP contribution in [-0.4, -0.2) is 73.4 Å². The van der Waals surface area contributed by atoms with Gasteiger partial charge in [-0.05, 0) is 86.9 Å². The van der Waals surface area contributed by atoms with Gasteiger partial charge in [0.25, 0.3) is 0 Å². The average molecular weight is 625 g/mol. The first-order chi connectivity index (χ1) is 20.0. The Morgan fingerprint density at radius 1 is 1.05 bits per heavy atom. The molecule has 4 atom stereocenters. The predicted molar refractivity (Wildman–Crippen MR) is 151 cm³/mol. The van der Waals surface area contributed by atoms with E-state index in [-0.39, 0.29) is 41.4 Å². The van der Waals surface area contributed by atoms with Crippen molar-refractivity contribution in [3.8, 4) is 0 Å². The Kier molecular flexibility index (Phi) is 7.79. The molecule has 12 heteroatoms. The SMILES string of the molecule is CCC1(OC)CC2CCC(C1)N2C(=O)OC1([C@H]2COC[C@@H](c3cc(F)cc(F)c3)N2S(=O)(=O)c2ccc(Cl)cc2)CC1. The third-order valence-corrected chi connectivity index (χ3v) is 11.8. The first-order valence-electron chi connectivity index (χ1n) is 14.4. The van der Waals surface area contributed by atoms with Gasteiger partial charge in [-0.25, -0.2) is 22.0 Å². The number of hydrogen-bond acceptors (Lipinski definition) is 6. The molecule has 0 aromatic heterocycles. The van der Waals surface area contributed by atoms with E-state index in [9.17, 15) is 22.0 Å². The first kappa shape index (κ1) is 29.7. The number of nitrogens with zero attached hydrogens (tertiary/aromatic N) is 2. The lowest BCUT2D eigenvalue weighted by atomic mass is 9.84. The number of methoxy groups -OCH3 is 1. The van der Waals surface area contributed by atoms with E-state index in [2.05, 4.69) is 6.92 Å². The van der Waals surface area contributed by atoms with Crippen LogP contribution >= 0.6 is 11.6 Å². The largest absolute Gasteiger partial charge is 0.441 e. The molecule has 0 radical (unpaired) electrons. The van der Waals surface area contributed by atoms with E-state index < -0.39 is 45.4 Å². The Bertz CT molecular complexity index is 1410. The van der Waals surface area contributed by atoms with Crippen LogP contribution in [0.1, 0.15) is 63.5 Å². The Balaban J connectivity index is 1.33. The number of carbonyl (C=O) groups is 1. The van der Waals surface area contributed by atoms with Crippen molar-refractivity contribution in [2.45, 2.75) is 92.1 Å². The Morgan fingerprint density at radius 2 is 1.67 bits per heavy atom. The van der Waals surface area contributed by atoms with Crippen molar-refractivity contribution >= 4 is 27.7 Å². The van der Waals surface area contributed by atoms with Gasteiger partial charge in [-0.3, -0.25) is 0 Å². The van der Waals surface area contributed by atoms with Crippen molar-refractivity contribution in [2.75, 3.05) is 20.3 Å². The Hall–Kier alpha value is -2.31. The summed E-state index contributed by atoms with van der Waals surface area (Å²) < 4.78 is 76.4. The lowest BCUT2D eigenvalue weighted by molar-refractivity contribution is -0.0960. The molecule has 1 saturated carbocycles. The quantitative estimate of drug-likeness (QED) is 0.385. The van der Waals surface area contributed by atoms with Gasteiger partial charge in [0.2, 0.25) is 10.0 Å². The fourth-order valence-electron chi connectivity index (χ4n) is 7.17. The monoisotopic (exact) mass is 624 g/mol.